The number of carbonyl (C=O) groups excluding carboxylic acids is 1. The van der Waals surface area contributed by atoms with Gasteiger partial charge in [0.25, 0.3) is 0 Å². The number of fused-ring (bicyclic) bond motifs is 1. The van der Waals surface area contributed by atoms with Crippen LogP contribution in [0.15, 0.2) is 47.1 Å². The van der Waals surface area contributed by atoms with Gasteiger partial charge in [-0.3, -0.25) is 9.78 Å². The highest BCUT2D eigenvalue weighted by Gasteiger charge is 2.38. The first-order valence-electron chi connectivity index (χ1n) is 8.16. The van der Waals surface area contributed by atoms with Gasteiger partial charge >= 0.3 is 12.1 Å². The minimum absolute atomic E-state index is 0.00700. The van der Waals surface area contributed by atoms with Crippen LogP contribution in [0.1, 0.15) is 23.6 Å². The van der Waals surface area contributed by atoms with Crippen molar-refractivity contribution in [2.45, 2.75) is 25.6 Å². The average molecular weight is 374 g/mol. The van der Waals surface area contributed by atoms with Crippen molar-refractivity contribution in [3.63, 3.8) is 0 Å². The number of hydrogen-bond acceptors (Lipinski definition) is 5. The van der Waals surface area contributed by atoms with Crippen molar-refractivity contribution in [1.29, 1.82) is 0 Å². The van der Waals surface area contributed by atoms with Crippen molar-refractivity contribution < 1.29 is 22.5 Å². The molecule has 0 saturated carbocycles. The van der Waals surface area contributed by atoms with Crippen LogP contribution >= 0.6 is 0 Å². The lowest BCUT2D eigenvalue weighted by molar-refractivity contribution is -0.159. The van der Waals surface area contributed by atoms with Crippen molar-refractivity contribution in [3.8, 4) is 11.4 Å². The number of aryl methyl sites for hydroxylation is 1. The Bertz CT molecular complexity index is 983. The minimum Gasteiger partial charge on any atom is -0.329 e. The standard InChI is InChI=1S/C18H13F3N4O2/c19-18(20,21)17-23-16(24-27-17)12-5-7-13(22-9-12)10-25-14-4-2-1-3-11(14)6-8-15(25)26/h1-5,7,9H,6,8,10H2. The lowest BCUT2D eigenvalue weighted by atomic mass is 10.0. The molecule has 0 spiro atoms. The number of nitrogens with zero attached hydrogens (tertiary/aromatic N) is 4. The maximum Gasteiger partial charge on any atom is 0.471 e. The normalized spacial score (nSPS) is 14.3. The van der Waals surface area contributed by atoms with Crippen LogP contribution in [0.25, 0.3) is 11.4 Å². The second-order valence-corrected chi connectivity index (χ2v) is 6.07. The molecule has 138 valence electrons. The fraction of sp³-hybridized carbons (Fsp3) is 0.222. The molecular formula is C18H13F3N4O2. The van der Waals surface area contributed by atoms with Gasteiger partial charge in [0.2, 0.25) is 11.7 Å². The second-order valence-electron chi connectivity index (χ2n) is 6.07. The number of hydrogen-bond donors (Lipinski definition) is 0. The van der Waals surface area contributed by atoms with Crippen LogP contribution in [0.4, 0.5) is 18.9 Å². The van der Waals surface area contributed by atoms with Crippen LogP contribution in [0.5, 0.6) is 0 Å². The Kier molecular flexibility index (Phi) is 4.14. The molecule has 0 aliphatic carbocycles. The molecule has 27 heavy (non-hydrogen) atoms. The maximum absolute atomic E-state index is 12.6. The third kappa shape index (κ3) is 3.40. The Balaban J connectivity index is 1.55. The molecular weight excluding hydrogens is 361 g/mol. The van der Waals surface area contributed by atoms with Crippen molar-refractivity contribution in [3.05, 3.63) is 59.7 Å². The number of carbonyl (C=O) groups is 1. The molecule has 0 radical (unpaired) electrons. The first-order chi connectivity index (χ1) is 12.9. The minimum atomic E-state index is -4.69. The number of rotatable bonds is 3. The molecule has 0 unspecified atom stereocenters. The molecule has 0 saturated heterocycles. The second kappa shape index (κ2) is 6.49. The molecule has 2 aromatic heterocycles. The van der Waals surface area contributed by atoms with Gasteiger partial charge in [0.15, 0.2) is 0 Å². The zero-order chi connectivity index (χ0) is 19.0. The first-order valence-corrected chi connectivity index (χ1v) is 8.16. The molecule has 9 heteroatoms. The molecule has 1 amide bonds. The van der Waals surface area contributed by atoms with Crippen molar-refractivity contribution in [1.82, 2.24) is 15.1 Å². The monoisotopic (exact) mass is 374 g/mol. The van der Waals surface area contributed by atoms with E-state index in [-0.39, 0.29) is 18.3 Å². The summed E-state index contributed by atoms with van der Waals surface area (Å²) in [7, 11) is 0. The Morgan fingerprint density at radius 3 is 2.63 bits per heavy atom. The molecule has 3 heterocycles. The smallest absolute Gasteiger partial charge is 0.329 e. The number of para-hydroxylation sites is 1. The van der Waals surface area contributed by atoms with E-state index >= 15 is 0 Å². The lowest BCUT2D eigenvalue weighted by Gasteiger charge is -2.29. The highest BCUT2D eigenvalue weighted by Crippen LogP contribution is 2.30. The van der Waals surface area contributed by atoms with Crippen LogP contribution < -0.4 is 4.90 Å². The molecule has 3 aromatic rings. The Hall–Kier alpha value is -3.23. The number of pyridine rings is 1. The third-order valence-electron chi connectivity index (χ3n) is 4.26. The summed E-state index contributed by atoms with van der Waals surface area (Å²) in [6.45, 7) is 0.274. The molecule has 1 aliphatic heterocycles. The van der Waals surface area contributed by atoms with E-state index in [1.807, 2.05) is 24.3 Å². The molecule has 6 nitrogen and oxygen atoms in total. The SMILES string of the molecule is O=C1CCc2ccccc2N1Cc1ccc(-c2noc(C(F)(F)F)n2)cn1. The zero-order valence-electron chi connectivity index (χ0n) is 13.9. The van der Waals surface area contributed by atoms with Crippen LogP contribution in [0, 0.1) is 0 Å². The van der Waals surface area contributed by atoms with E-state index in [0.29, 0.717) is 24.1 Å². The van der Waals surface area contributed by atoms with Gasteiger partial charge in [0.05, 0.1) is 12.2 Å². The zero-order valence-corrected chi connectivity index (χ0v) is 13.9. The van der Waals surface area contributed by atoms with Gasteiger partial charge in [0.1, 0.15) is 0 Å². The number of amides is 1. The van der Waals surface area contributed by atoms with Gasteiger partial charge in [-0.25, -0.2) is 0 Å². The predicted octanol–water partition coefficient (Wildman–Crippen LogP) is 3.63. The molecule has 0 N–H and O–H groups in total. The first kappa shape index (κ1) is 17.2. The van der Waals surface area contributed by atoms with E-state index in [1.54, 1.807) is 17.0 Å². The summed E-state index contributed by atoms with van der Waals surface area (Å²) in [6, 6.07) is 10.9. The van der Waals surface area contributed by atoms with Gasteiger partial charge in [-0.05, 0) is 30.2 Å². The van der Waals surface area contributed by atoms with Gasteiger partial charge in [-0.15, -0.1) is 0 Å². The Morgan fingerprint density at radius 2 is 1.93 bits per heavy atom. The molecule has 0 bridgehead atoms. The van der Waals surface area contributed by atoms with Crippen LogP contribution in [0.2, 0.25) is 0 Å². The van der Waals surface area contributed by atoms with Gasteiger partial charge in [-0.2, -0.15) is 18.2 Å². The molecule has 0 atom stereocenters. The largest absolute Gasteiger partial charge is 0.471 e. The Labute approximate surface area is 151 Å². The van der Waals surface area contributed by atoms with Crippen LogP contribution in [-0.2, 0) is 23.9 Å². The van der Waals surface area contributed by atoms with Crippen molar-refractivity contribution in [2.24, 2.45) is 0 Å². The number of aromatic nitrogens is 3. The van der Waals surface area contributed by atoms with E-state index in [4.69, 9.17) is 0 Å². The summed E-state index contributed by atoms with van der Waals surface area (Å²) < 4.78 is 41.9. The number of halogens is 3. The maximum atomic E-state index is 12.6. The summed E-state index contributed by atoms with van der Waals surface area (Å²) >= 11 is 0. The van der Waals surface area contributed by atoms with Crippen molar-refractivity contribution in [2.75, 3.05) is 4.90 Å². The fourth-order valence-electron chi connectivity index (χ4n) is 2.94. The van der Waals surface area contributed by atoms with Gasteiger partial charge in [0, 0.05) is 23.9 Å². The molecule has 4 rings (SSSR count). The summed E-state index contributed by atoms with van der Waals surface area (Å²) in [5.74, 6) is -1.59. The van der Waals surface area contributed by atoms with Crippen molar-refractivity contribution >= 4 is 11.6 Å². The van der Waals surface area contributed by atoms with Gasteiger partial charge < -0.3 is 9.42 Å². The third-order valence-corrected chi connectivity index (χ3v) is 4.26. The van der Waals surface area contributed by atoms with E-state index in [9.17, 15) is 18.0 Å². The Morgan fingerprint density at radius 1 is 1.11 bits per heavy atom. The summed E-state index contributed by atoms with van der Waals surface area (Å²) in [5.41, 5.74) is 2.85. The topological polar surface area (TPSA) is 72.1 Å². The van der Waals surface area contributed by atoms with E-state index in [1.165, 1.54) is 6.20 Å². The fourth-order valence-corrected chi connectivity index (χ4v) is 2.94. The highest BCUT2D eigenvalue weighted by atomic mass is 19.4. The summed E-state index contributed by atoms with van der Waals surface area (Å²) in [5, 5.41) is 3.33. The quantitative estimate of drug-likeness (QED) is 0.700. The van der Waals surface area contributed by atoms with E-state index < -0.39 is 12.1 Å². The summed E-state index contributed by atoms with van der Waals surface area (Å²) in [4.78, 5) is 21.5. The average Bonchev–Trinajstić information content (AvgIpc) is 3.15. The van der Waals surface area contributed by atoms with Crippen LogP contribution in [-0.4, -0.2) is 21.0 Å². The molecule has 0 fully saturated rings. The molecule has 1 aliphatic rings. The predicted molar refractivity (Wildman–Crippen MR) is 88.5 cm³/mol. The summed E-state index contributed by atoms with van der Waals surface area (Å²) in [6.07, 6.45) is -2.20. The number of benzene rings is 1. The number of alkyl halides is 3. The highest BCUT2D eigenvalue weighted by molar-refractivity contribution is 5.96. The molecule has 1 aromatic carbocycles. The number of anilines is 1. The van der Waals surface area contributed by atoms with E-state index in [0.717, 1.165) is 11.3 Å². The van der Waals surface area contributed by atoms with E-state index in [2.05, 4.69) is 19.6 Å². The van der Waals surface area contributed by atoms with Crippen LogP contribution in [0.3, 0.4) is 0 Å². The lowest BCUT2D eigenvalue weighted by Crippen LogP contribution is -2.34. The van der Waals surface area contributed by atoms with Gasteiger partial charge in [-0.1, -0.05) is 23.4 Å².